The number of para-hydroxylation sites is 4. The lowest BCUT2D eigenvalue weighted by atomic mass is 10.1. The molecule has 0 radical (unpaired) electrons. The smallest absolute Gasteiger partial charge is 0.0463 e. The van der Waals surface area contributed by atoms with Crippen LogP contribution in [0.1, 0.15) is 7.43 Å². The molecule has 5 aromatic carbocycles. The molecule has 2 heteroatoms. The zero-order chi connectivity index (χ0) is 21.6. The quantitative estimate of drug-likeness (QED) is 0.266. The fourth-order valence-electron chi connectivity index (χ4n) is 3.95. The number of benzene rings is 5. The molecule has 0 unspecified atom stereocenters. The summed E-state index contributed by atoms with van der Waals surface area (Å²) >= 11 is 0. The highest BCUT2D eigenvalue weighted by Gasteiger charge is 2.15. The number of hydrogen-bond donors (Lipinski definition) is 0. The summed E-state index contributed by atoms with van der Waals surface area (Å²) in [5.41, 5.74) is 6.77. The molecule has 2 nitrogen and oxygen atoms in total. The first-order valence-corrected chi connectivity index (χ1v) is 10.8. The third-order valence-electron chi connectivity index (χ3n) is 5.42. The Morgan fingerprint density at radius 2 is 0.424 bits per heavy atom. The summed E-state index contributed by atoms with van der Waals surface area (Å²) in [7, 11) is 0. The Morgan fingerprint density at radius 3 is 0.636 bits per heavy atom. The minimum Gasteiger partial charge on any atom is -0.311 e. The lowest BCUT2D eigenvalue weighted by molar-refractivity contribution is 1.26. The van der Waals surface area contributed by atoms with Gasteiger partial charge in [-0.15, -0.1) is 0 Å². The van der Waals surface area contributed by atoms with Crippen LogP contribution in [0.25, 0.3) is 0 Å². The summed E-state index contributed by atoms with van der Waals surface area (Å²) in [5.74, 6) is 0. The van der Waals surface area contributed by atoms with Crippen LogP contribution in [0.15, 0.2) is 146 Å². The van der Waals surface area contributed by atoms with Gasteiger partial charge in [0.05, 0.1) is 0 Å². The molecule has 0 saturated heterocycles. The van der Waals surface area contributed by atoms with E-state index in [1.54, 1.807) is 0 Å². The first kappa shape index (κ1) is 21.9. The molecule has 162 valence electrons. The Morgan fingerprint density at radius 1 is 0.242 bits per heavy atom. The van der Waals surface area contributed by atoms with E-state index in [2.05, 4.69) is 131 Å². The lowest BCUT2D eigenvalue weighted by Crippen LogP contribution is -2.12. The van der Waals surface area contributed by atoms with Gasteiger partial charge in [0.15, 0.2) is 0 Å². The van der Waals surface area contributed by atoms with Gasteiger partial charge >= 0.3 is 0 Å². The largest absolute Gasteiger partial charge is 0.311 e. The SMILES string of the molecule is C.c1ccc(N(c2ccccc2)c2ccc(N(c3ccccc3)c3ccccc3)cc2)cc1. The first-order chi connectivity index (χ1) is 15.9. The van der Waals surface area contributed by atoms with Crippen molar-refractivity contribution in [3.05, 3.63) is 146 Å². The summed E-state index contributed by atoms with van der Waals surface area (Å²) in [6.45, 7) is 0. The zero-order valence-corrected chi connectivity index (χ0v) is 17.8. The maximum absolute atomic E-state index is 2.28. The number of hydrogen-bond acceptors (Lipinski definition) is 2. The fourth-order valence-corrected chi connectivity index (χ4v) is 3.95. The Hall–Kier alpha value is -4.30. The average molecular weight is 429 g/mol. The molecule has 0 saturated carbocycles. The topological polar surface area (TPSA) is 6.48 Å². The van der Waals surface area contributed by atoms with Crippen LogP contribution in [-0.4, -0.2) is 0 Å². The van der Waals surface area contributed by atoms with Crippen LogP contribution < -0.4 is 9.80 Å². The highest BCUT2D eigenvalue weighted by atomic mass is 15.2. The molecule has 0 aromatic heterocycles. The van der Waals surface area contributed by atoms with E-state index in [0.29, 0.717) is 0 Å². The van der Waals surface area contributed by atoms with Crippen molar-refractivity contribution >= 4 is 34.1 Å². The molecule has 5 rings (SSSR count). The first-order valence-electron chi connectivity index (χ1n) is 10.8. The van der Waals surface area contributed by atoms with Gasteiger partial charge in [-0.05, 0) is 72.8 Å². The highest BCUT2D eigenvalue weighted by Crippen LogP contribution is 2.38. The number of anilines is 6. The van der Waals surface area contributed by atoms with Crippen molar-refractivity contribution in [3.63, 3.8) is 0 Å². The van der Waals surface area contributed by atoms with Gasteiger partial charge in [-0.3, -0.25) is 0 Å². The lowest BCUT2D eigenvalue weighted by Gasteiger charge is -2.28. The normalized spacial score (nSPS) is 10.2. The molecule has 0 bridgehead atoms. The summed E-state index contributed by atoms with van der Waals surface area (Å²) in [5, 5.41) is 0. The number of rotatable bonds is 6. The third kappa shape index (κ3) is 4.81. The summed E-state index contributed by atoms with van der Waals surface area (Å²) in [6, 6.07) is 50.7. The monoisotopic (exact) mass is 428 g/mol. The predicted octanol–water partition coefficient (Wildman–Crippen LogP) is 9.26. The maximum atomic E-state index is 2.28. The van der Waals surface area contributed by atoms with Crippen LogP contribution >= 0.6 is 0 Å². The Bertz CT molecular complexity index is 1060. The van der Waals surface area contributed by atoms with Gasteiger partial charge in [-0.25, -0.2) is 0 Å². The van der Waals surface area contributed by atoms with Gasteiger partial charge < -0.3 is 9.80 Å². The fraction of sp³-hybridized carbons (Fsp3) is 0.0323. The van der Waals surface area contributed by atoms with Crippen molar-refractivity contribution in [3.8, 4) is 0 Å². The second-order valence-electron chi connectivity index (χ2n) is 7.53. The second kappa shape index (κ2) is 10.3. The Labute approximate surface area is 197 Å². The molecule has 0 aliphatic carbocycles. The van der Waals surface area contributed by atoms with Gasteiger partial charge in [0, 0.05) is 34.1 Å². The van der Waals surface area contributed by atoms with E-state index in [1.165, 1.54) is 0 Å². The van der Waals surface area contributed by atoms with Gasteiger partial charge in [0.2, 0.25) is 0 Å². The third-order valence-corrected chi connectivity index (χ3v) is 5.42. The molecule has 0 aliphatic heterocycles. The van der Waals surface area contributed by atoms with Crippen LogP contribution in [0.5, 0.6) is 0 Å². The van der Waals surface area contributed by atoms with Crippen LogP contribution in [0.4, 0.5) is 34.1 Å². The van der Waals surface area contributed by atoms with E-state index in [0.717, 1.165) is 34.1 Å². The molecule has 0 fully saturated rings. The minimum atomic E-state index is 0. The molecule has 0 atom stereocenters. The van der Waals surface area contributed by atoms with Gasteiger partial charge in [0.1, 0.15) is 0 Å². The molecular weight excluding hydrogens is 400 g/mol. The highest BCUT2D eigenvalue weighted by molar-refractivity contribution is 5.80. The van der Waals surface area contributed by atoms with Crippen molar-refractivity contribution < 1.29 is 0 Å². The van der Waals surface area contributed by atoms with Crippen LogP contribution in [0.3, 0.4) is 0 Å². The Kier molecular flexibility index (Phi) is 6.87. The predicted molar refractivity (Wildman–Crippen MR) is 143 cm³/mol. The summed E-state index contributed by atoms with van der Waals surface area (Å²) in [4.78, 5) is 4.55. The van der Waals surface area contributed by atoms with Crippen LogP contribution in [0, 0.1) is 0 Å². The van der Waals surface area contributed by atoms with E-state index in [4.69, 9.17) is 0 Å². The Balaban J connectivity index is 0.00000259. The standard InChI is InChI=1S/C30H24N2.CH4/c1-5-13-25(14-6-1)31(26-15-7-2-8-16-26)29-21-23-30(24-22-29)32(27-17-9-3-10-18-27)28-19-11-4-12-20-28;/h1-24H;1H4. The van der Waals surface area contributed by atoms with E-state index >= 15 is 0 Å². The number of nitrogens with zero attached hydrogens (tertiary/aromatic N) is 2. The molecule has 0 aliphatic rings. The van der Waals surface area contributed by atoms with E-state index in [1.807, 2.05) is 24.3 Å². The van der Waals surface area contributed by atoms with E-state index in [9.17, 15) is 0 Å². The summed E-state index contributed by atoms with van der Waals surface area (Å²) in [6.07, 6.45) is 0. The van der Waals surface area contributed by atoms with Crippen molar-refractivity contribution in [2.24, 2.45) is 0 Å². The van der Waals surface area contributed by atoms with Crippen molar-refractivity contribution in [2.75, 3.05) is 9.80 Å². The maximum Gasteiger partial charge on any atom is 0.0463 e. The van der Waals surface area contributed by atoms with E-state index in [-0.39, 0.29) is 7.43 Å². The molecule has 5 aromatic rings. The molecule has 0 amide bonds. The van der Waals surface area contributed by atoms with Crippen LogP contribution in [-0.2, 0) is 0 Å². The summed E-state index contributed by atoms with van der Waals surface area (Å²) < 4.78 is 0. The van der Waals surface area contributed by atoms with Crippen molar-refractivity contribution in [2.45, 2.75) is 7.43 Å². The van der Waals surface area contributed by atoms with Gasteiger partial charge in [0.25, 0.3) is 0 Å². The molecule has 33 heavy (non-hydrogen) atoms. The van der Waals surface area contributed by atoms with Gasteiger partial charge in [-0.1, -0.05) is 80.2 Å². The second-order valence-corrected chi connectivity index (χ2v) is 7.53. The van der Waals surface area contributed by atoms with Crippen LogP contribution in [0.2, 0.25) is 0 Å². The van der Waals surface area contributed by atoms with Gasteiger partial charge in [-0.2, -0.15) is 0 Å². The zero-order valence-electron chi connectivity index (χ0n) is 17.8. The minimum absolute atomic E-state index is 0. The van der Waals surface area contributed by atoms with E-state index < -0.39 is 0 Å². The molecule has 0 heterocycles. The van der Waals surface area contributed by atoms with Crippen molar-refractivity contribution in [1.29, 1.82) is 0 Å². The average Bonchev–Trinajstić information content (AvgIpc) is 2.88. The molecule has 0 N–H and O–H groups in total. The molecule has 0 spiro atoms. The van der Waals surface area contributed by atoms with Crippen molar-refractivity contribution in [1.82, 2.24) is 0 Å². The molecular formula is C31H28N2.